The molecule has 2 fully saturated rings. The van der Waals surface area contributed by atoms with Crippen LogP contribution >= 0.6 is 0 Å². The molecule has 8 nitrogen and oxygen atoms in total. The Balaban J connectivity index is 1.75. The maximum absolute atomic E-state index is 14.0. The summed E-state index contributed by atoms with van der Waals surface area (Å²) < 4.78 is 11.3. The molecule has 1 spiro atoms. The second kappa shape index (κ2) is 14.9. The molecule has 0 aliphatic carbocycles. The Morgan fingerprint density at radius 3 is 2.41 bits per heavy atom. The van der Waals surface area contributed by atoms with E-state index in [1.165, 1.54) is 0 Å². The molecule has 1 aromatic carbocycles. The summed E-state index contributed by atoms with van der Waals surface area (Å²) >= 11 is 0. The number of likely N-dealkylation sites (tertiary alicyclic amines) is 1. The van der Waals surface area contributed by atoms with Gasteiger partial charge in [0.25, 0.3) is 0 Å². The van der Waals surface area contributed by atoms with Crippen molar-refractivity contribution in [3.63, 3.8) is 0 Å². The second-order valence-electron chi connectivity index (χ2n) is 12.4. The van der Waals surface area contributed by atoms with Crippen molar-refractivity contribution < 1.29 is 24.2 Å². The molecule has 39 heavy (non-hydrogen) atoms. The Hall–Kier alpha value is -2.32. The number of carbonyl (C=O) groups is 2. The third-order valence-corrected chi connectivity index (χ3v) is 8.17. The summed E-state index contributed by atoms with van der Waals surface area (Å²) in [6.45, 7) is 11.8. The Morgan fingerprint density at radius 1 is 1.03 bits per heavy atom. The fourth-order valence-corrected chi connectivity index (χ4v) is 5.91. The Labute approximate surface area is 235 Å². The van der Waals surface area contributed by atoms with Gasteiger partial charge in [-0.1, -0.05) is 40.5 Å². The molecule has 0 bridgehead atoms. The number of carbonyl (C=O) groups excluding carboxylic acids is 2. The van der Waals surface area contributed by atoms with E-state index in [9.17, 15) is 14.7 Å². The van der Waals surface area contributed by atoms with E-state index in [-0.39, 0.29) is 29.5 Å². The van der Waals surface area contributed by atoms with E-state index >= 15 is 0 Å². The zero-order valence-electron chi connectivity index (χ0n) is 24.8. The third kappa shape index (κ3) is 9.38. The van der Waals surface area contributed by atoms with E-state index in [2.05, 4.69) is 43.2 Å². The van der Waals surface area contributed by atoms with Crippen LogP contribution in [0.3, 0.4) is 0 Å². The number of piperidine rings is 1. The van der Waals surface area contributed by atoms with Gasteiger partial charge in [-0.2, -0.15) is 0 Å². The molecular weight excluding hydrogens is 494 g/mol. The minimum Gasteiger partial charge on any atom is -0.508 e. The van der Waals surface area contributed by atoms with Crippen LogP contribution in [0.5, 0.6) is 11.5 Å². The molecule has 2 heterocycles. The maximum Gasteiger partial charge on any atom is 0.242 e. The summed E-state index contributed by atoms with van der Waals surface area (Å²) in [6.07, 6.45) is 6.65. The molecular formula is C31H51N3O5. The maximum atomic E-state index is 14.0. The lowest BCUT2D eigenvalue weighted by Crippen LogP contribution is -2.56. The first-order chi connectivity index (χ1) is 18.6. The molecule has 3 N–H and O–H groups in total. The molecule has 2 atom stereocenters. The lowest BCUT2D eigenvalue weighted by molar-refractivity contribution is -0.139. The molecule has 2 amide bonds. The number of benzene rings is 1. The van der Waals surface area contributed by atoms with E-state index in [1.807, 2.05) is 6.07 Å². The lowest BCUT2D eigenvalue weighted by Gasteiger charge is -2.42. The van der Waals surface area contributed by atoms with Gasteiger partial charge in [-0.05, 0) is 81.6 Å². The number of hydrogen-bond acceptors (Lipinski definition) is 6. The Bertz CT molecular complexity index is 927. The van der Waals surface area contributed by atoms with Gasteiger partial charge in [0.2, 0.25) is 11.8 Å². The van der Waals surface area contributed by atoms with E-state index in [0.717, 1.165) is 69.3 Å². The normalized spacial score (nSPS) is 23.9. The fraction of sp³-hybridized carbons (Fsp3) is 0.742. The molecule has 220 valence electrons. The fourth-order valence-electron chi connectivity index (χ4n) is 5.91. The van der Waals surface area contributed by atoms with Gasteiger partial charge in [0.15, 0.2) is 0 Å². The van der Waals surface area contributed by atoms with Crippen LogP contribution in [-0.4, -0.2) is 67.3 Å². The monoisotopic (exact) mass is 545 g/mol. The van der Waals surface area contributed by atoms with Gasteiger partial charge >= 0.3 is 0 Å². The van der Waals surface area contributed by atoms with Crippen molar-refractivity contribution in [1.82, 2.24) is 15.5 Å². The highest BCUT2D eigenvalue weighted by molar-refractivity contribution is 5.90. The van der Waals surface area contributed by atoms with Crippen LogP contribution in [-0.2, 0) is 20.9 Å². The molecule has 2 saturated heterocycles. The van der Waals surface area contributed by atoms with Crippen molar-refractivity contribution in [2.75, 3.05) is 33.4 Å². The van der Waals surface area contributed by atoms with Crippen LogP contribution in [0.2, 0.25) is 0 Å². The minimum atomic E-state index is -0.557. The van der Waals surface area contributed by atoms with Crippen molar-refractivity contribution in [3.05, 3.63) is 23.8 Å². The van der Waals surface area contributed by atoms with E-state index < -0.39 is 11.5 Å². The van der Waals surface area contributed by atoms with Crippen LogP contribution in [0.1, 0.15) is 84.6 Å². The third-order valence-electron chi connectivity index (χ3n) is 8.17. The first-order valence-corrected chi connectivity index (χ1v) is 14.9. The summed E-state index contributed by atoms with van der Waals surface area (Å²) in [5.74, 6) is 1.59. The standard InChI is InChI=1S/C31H51N3O5/c1-22(2)17-25-21-39-16-8-6-7-11-31(30(37)33-27(18-23(3)4)29(36)32-25)12-14-34(15-13-31)20-24-19-26(38-5)9-10-28(24)35/h9-10,19,22-23,25,27,35H,6-8,11-18,20-21H2,1-5H3,(H,32,36)(H,33,37)/t25-,27-/m0/s1. The number of hydrogen-bond donors (Lipinski definition) is 3. The van der Waals surface area contributed by atoms with E-state index in [4.69, 9.17) is 9.47 Å². The van der Waals surface area contributed by atoms with Crippen molar-refractivity contribution in [3.8, 4) is 11.5 Å². The van der Waals surface area contributed by atoms with Crippen LogP contribution in [0.25, 0.3) is 0 Å². The predicted octanol–water partition coefficient (Wildman–Crippen LogP) is 4.64. The number of nitrogens with zero attached hydrogens (tertiary/aromatic N) is 1. The number of methoxy groups -OCH3 is 1. The highest BCUT2D eigenvalue weighted by Crippen LogP contribution is 2.38. The molecule has 2 aliphatic heterocycles. The van der Waals surface area contributed by atoms with Gasteiger partial charge < -0.3 is 25.2 Å². The Kier molecular flexibility index (Phi) is 11.9. The average molecular weight is 546 g/mol. The van der Waals surface area contributed by atoms with Gasteiger partial charge in [0, 0.05) is 18.7 Å². The quantitative estimate of drug-likeness (QED) is 0.462. The van der Waals surface area contributed by atoms with Crippen molar-refractivity contribution >= 4 is 11.8 Å². The molecule has 0 unspecified atom stereocenters. The zero-order chi connectivity index (χ0) is 28.4. The van der Waals surface area contributed by atoms with Crippen molar-refractivity contribution in [2.24, 2.45) is 17.3 Å². The first-order valence-electron chi connectivity index (χ1n) is 14.9. The zero-order valence-corrected chi connectivity index (χ0v) is 24.8. The molecule has 8 heteroatoms. The Morgan fingerprint density at radius 2 is 1.74 bits per heavy atom. The SMILES string of the molecule is COc1ccc(O)c(CN2CCC3(CCCCCOC[C@H](CC(C)C)NC(=O)[C@H](CC(C)C)NC3=O)CC2)c1. The number of aromatic hydroxyl groups is 1. The summed E-state index contributed by atoms with van der Waals surface area (Å²) in [5.41, 5.74) is 0.329. The van der Waals surface area contributed by atoms with Crippen molar-refractivity contribution in [2.45, 2.75) is 97.7 Å². The molecule has 0 aromatic heterocycles. The van der Waals surface area contributed by atoms with E-state index in [0.29, 0.717) is 32.1 Å². The van der Waals surface area contributed by atoms with Crippen LogP contribution < -0.4 is 15.4 Å². The number of nitrogens with one attached hydrogen (secondary N) is 2. The number of phenolic OH excluding ortho intramolecular Hbond substituents is 1. The highest BCUT2D eigenvalue weighted by Gasteiger charge is 2.42. The summed E-state index contributed by atoms with van der Waals surface area (Å²) in [5, 5.41) is 16.8. The molecule has 0 saturated carbocycles. The lowest BCUT2D eigenvalue weighted by atomic mass is 9.73. The summed E-state index contributed by atoms with van der Waals surface area (Å²) in [4.78, 5) is 29.7. The van der Waals surface area contributed by atoms with E-state index in [1.54, 1.807) is 19.2 Å². The van der Waals surface area contributed by atoms with Crippen molar-refractivity contribution in [1.29, 1.82) is 0 Å². The number of ether oxygens (including phenoxy) is 2. The summed E-state index contributed by atoms with van der Waals surface area (Å²) in [7, 11) is 1.62. The molecule has 3 rings (SSSR count). The van der Waals surface area contributed by atoms with Crippen LogP contribution in [0.15, 0.2) is 18.2 Å². The highest BCUT2D eigenvalue weighted by atomic mass is 16.5. The number of phenols is 1. The summed E-state index contributed by atoms with van der Waals surface area (Å²) in [6, 6.07) is 4.68. The number of rotatable bonds is 7. The van der Waals surface area contributed by atoms with Gasteiger partial charge in [-0.25, -0.2) is 0 Å². The number of amides is 2. The van der Waals surface area contributed by atoms with Gasteiger partial charge in [0.05, 0.1) is 25.2 Å². The van der Waals surface area contributed by atoms with Crippen LogP contribution in [0, 0.1) is 17.3 Å². The second-order valence-corrected chi connectivity index (χ2v) is 12.4. The minimum absolute atomic E-state index is 0.0147. The first kappa shape index (κ1) is 31.2. The molecule has 0 radical (unpaired) electrons. The largest absolute Gasteiger partial charge is 0.508 e. The average Bonchev–Trinajstić information content (AvgIpc) is 2.88. The van der Waals surface area contributed by atoms with Gasteiger partial charge in [-0.3, -0.25) is 14.5 Å². The smallest absolute Gasteiger partial charge is 0.242 e. The van der Waals surface area contributed by atoms with Gasteiger partial charge in [0.1, 0.15) is 17.5 Å². The van der Waals surface area contributed by atoms with Gasteiger partial charge in [-0.15, -0.1) is 0 Å². The topological polar surface area (TPSA) is 100 Å². The van der Waals surface area contributed by atoms with Crippen LogP contribution in [0.4, 0.5) is 0 Å². The molecule has 2 aliphatic rings. The predicted molar refractivity (Wildman–Crippen MR) is 154 cm³/mol. The molecule has 1 aromatic rings.